The molecule has 1 unspecified atom stereocenters. The summed E-state index contributed by atoms with van der Waals surface area (Å²) in [7, 11) is 4.21. The number of urea groups is 1. The number of rotatable bonds is 5. The Morgan fingerprint density at radius 2 is 2.03 bits per heavy atom. The monoisotopic (exact) mass is 421 g/mol. The number of hydrogen-bond donors (Lipinski definition) is 1. The number of carbonyl (C=O) groups excluding carboxylic acids is 2. The Bertz CT molecular complexity index is 945. The summed E-state index contributed by atoms with van der Waals surface area (Å²) in [5.74, 6) is 0.663. The van der Waals surface area contributed by atoms with Crippen molar-refractivity contribution in [2.24, 2.45) is 5.92 Å². The minimum Gasteiger partial charge on any atom is -0.324 e. The summed E-state index contributed by atoms with van der Waals surface area (Å²) >= 11 is 0. The number of hydrogen-bond acceptors (Lipinski definition) is 4. The maximum absolute atomic E-state index is 13.8. The highest BCUT2D eigenvalue weighted by molar-refractivity contribution is 6.16. The van der Waals surface area contributed by atoms with E-state index in [1.54, 1.807) is 23.2 Å². The second-order valence-electron chi connectivity index (χ2n) is 8.72. The van der Waals surface area contributed by atoms with Crippen molar-refractivity contribution >= 4 is 29.1 Å². The third kappa shape index (κ3) is 4.71. The number of para-hydroxylation sites is 2. The molecule has 4 rings (SSSR count). The third-order valence-corrected chi connectivity index (χ3v) is 6.08. The molecule has 31 heavy (non-hydrogen) atoms. The molecule has 3 heterocycles. The van der Waals surface area contributed by atoms with E-state index < -0.39 is 0 Å². The van der Waals surface area contributed by atoms with Gasteiger partial charge in [-0.25, -0.2) is 14.7 Å². The minimum absolute atomic E-state index is 0.109. The number of pyridine rings is 1. The molecular formula is C24H31N5O2. The molecule has 2 aliphatic rings. The third-order valence-electron chi connectivity index (χ3n) is 6.08. The lowest BCUT2D eigenvalue weighted by Gasteiger charge is -2.36. The van der Waals surface area contributed by atoms with Crippen LogP contribution < -0.4 is 10.2 Å². The van der Waals surface area contributed by atoms with Gasteiger partial charge in [0.25, 0.3) is 5.91 Å². The van der Waals surface area contributed by atoms with Gasteiger partial charge in [0.2, 0.25) is 0 Å². The fourth-order valence-electron chi connectivity index (χ4n) is 4.50. The summed E-state index contributed by atoms with van der Waals surface area (Å²) in [6.07, 6.45) is 7.30. The van der Waals surface area contributed by atoms with E-state index in [1.165, 1.54) is 12.8 Å². The van der Waals surface area contributed by atoms with Crippen molar-refractivity contribution in [3.8, 4) is 0 Å². The Balaban J connectivity index is 1.56. The lowest BCUT2D eigenvalue weighted by molar-refractivity contribution is 0.102. The normalized spacial score (nSPS) is 18.3. The average Bonchev–Trinajstić information content (AvgIpc) is 2.90. The number of nitrogens with one attached hydrogen (secondary N) is 1. The fourth-order valence-corrected chi connectivity index (χ4v) is 4.50. The van der Waals surface area contributed by atoms with Gasteiger partial charge in [-0.3, -0.25) is 4.79 Å². The molecule has 2 aromatic rings. The number of amides is 3. The molecule has 0 aliphatic carbocycles. The van der Waals surface area contributed by atoms with Crippen molar-refractivity contribution in [2.75, 3.05) is 43.9 Å². The van der Waals surface area contributed by atoms with E-state index in [-0.39, 0.29) is 11.9 Å². The highest BCUT2D eigenvalue weighted by Crippen LogP contribution is 2.37. The molecule has 1 N–H and O–H groups in total. The number of carbonyl (C=O) groups is 2. The summed E-state index contributed by atoms with van der Waals surface area (Å²) in [5.41, 5.74) is 1.69. The number of likely N-dealkylation sites (tertiary alicyclic amines) is 1. The zero-order chi connectivity index (χ0) is 21.8. The quantitative estimate of drug-likeness (QED) is 0.729. The van der Waals surface area contributed by atoms with Crippen LogP contribution in [-0.4, -0.2) is 60.5 Å². The Morgan fingerprint density at radius 3 is 2.87 bits per heavy atom. The molecule has 1 aromatic heterocycles. The lowest BCUT2D eigenvalue weighted by Crippen LogP contribution is -2.46. The number of nitrogens with zero attached hydrogens (tertiary/aromatic N) is 4. The predicted molar refractivity (Wildman–Crippen MR) is 123 cm³/mol. The Labute approximate surface area is 184 Å². The van der Waals surface area contributed by atoms with E-state index in [0.29, 0.717) is 28.7 Å². The molecule has 0 radical (unpaired) electrons. The summed E-state index contributed by atoms with van der Waals surface area (Å²) in [4.78, 5) is 36.7. The molecule has 3 amide bonds. The van der Waals surface area contributed by atoms with Crippen molar-refractivity contribution in [1.29, 1.82) is 0 Å². The summed E-state index contributed by atoms with van der Waals surface area (Å²) in [6, 6.07) is 10.7. The molecule has 7 heteroatoms. The van der Waals surface area contributed by atoms with E-state index in [4.69, 9.17) is 0 Å². The number of fused-ring (bicyclic) bond motifs is 2. The van der Waals surface area contributed by atoms with Crippen LogP contribution >= 0.6 is 0 Å². The smallest absolute Gasteiger partial charge is 0.324 e. The van der Waals surface area contributed by atoms with Gasteiger partial charge >= 0.3 is 6.03 Å². The van der Waals surface area contributed by atoms with Gasteiger partial charge in [0.05, 0.1) is 16.9 Å². The molecular weight excluding hydrogens is 390 g/mol. The molecule has 0 bridgehead atoms. The Morgan fingerprint density at radius 1 is 1.19 bits per heavy atom. The zero-order valence-electron chi connectivity index (χ0n) is 18.4. The number of aromatic nitrogens is 1. The van der Waals surface area contributed by atoms with Gasteiger partial charge in [0.1, 0.15) is 0 Å². The molecule has 1 saturated heterocycles. The van der Waals surface area contributed by atoms with Crippen LogP contribution in [0.3, 0.4) is 0 Å². The molecule has 0 saturated carbocycles. The highest BCUT2D eigenvalue weighted by atomic mass is 16.2. The van der Waals surface area contributed by atoms with E-state index >= 15 is 0 Å². The first-order chi connectivity index (χ1) is 15.0. The first kappa shape index (κ1) is 21.3. The average molecular weight is 422 g/mol. The number of anilines is 3. The van der Waals surface area contributed by atoms with Crippen LogP contribution in [0.25, 0.3) is 0 Å². The van der Waals surface area contributed by atoms with E-state index in [0.717, 1.165) is 38.9 Å². The summed E-state index contributed by atoms with van der Waals surface area (Å²) in [5, 5.41) is 2.92. The van der Waals surface area contributed by atoms with E-state index in [1.807, 2.05) is 29.2 Å². The molecule has 7 nitrogen and oxygen atoms in total. The Kier molecular flexibility index (Phi) is 6.51. The van der Waals surface area contributed by atoms with Crippen molar-refractivity contribution in [1.82, 2.24) is 14.8 Å². The van der Waals surface area contributed by atoms with Gasteiger partial charge in [-0.2, -0.15) is 0 Å². The van der Waals surface area contributed by atoms with Gasteiger partial charge < -0.3 is 15.1 Å². The fraction of sp³-hybridized carbons (Fsp3) is 0.458. The van der Waals surface area contributed by atoms with Crippen LogP contribution in [0.1, 0.15) is 42.5 Å². The van der Waals surface area contributed by atoms with Crippen molar-refractivity contribution in [3.63, 3.8) is 0 Å². The van der Waals surface area contributed by atoms with Gasteiger partial charge in [-0.1, -0.05) is 18.6 Å². The van der Waals surface area contributed by atoms with E-state index in [2.05, 4.69) is 29.3 Å². The second kappa shape index (κ2) is 9.47. The largest absolute Gasteiger partial charge is 0.330 e. The van der Waals surface area contributed by atoms with Crippen LogP contribution in [-0.2, 0) is 0 Å². The van der Waals surface area contributed by atoms with Gasteiger partial charge in [-0.15, -0.1) is 0 Å². The SMILES string of the molecule is CN(C)CCCCC1CCCN(C(=O)N2c3ccccc3NC(=O)c3cccnc32)C1. The van der Waals surface area contributed by atoms with E-state index in [9.17, 15) is 9.59 Å². The van der Waals surface area contributed by atoms with Gasteiger partial charge in [-0.05, 0) is 76.5 Å². The van der Waals surface area contributed by atoms with Crippen LogP contribution in [0.5, 0.6) is 0 Å². The highest BCUT2D eigenvalue weighted by Gasteiger charge is 2.34. The standard InChI is InChI=1S/C24H31N5O2/c1-27(2)15-6-5-9-18-10-8-16-28(17-18)24(31)29-21-13-4-3-12-20(21)26-23(30)19-11-7-14-25-22(19)29/h3-4,7,11-14,18H,5-6,8-10,15-17H2,1-2H3,(H,26,30). The minimum atomic E-state index is -0.247. The lowest BCUT2D eigenvalue weighted by atomic mass is 9.93. The summed E-state index contributed by atoms with van der Waals surface area (Å²) < 4.78 is 0. The van der Waals surface area contributed by atoms with Crippen LogP contribution in [0.15, 0.2) is 42.6 Å². The molecule has 2 aliphatic heterocycles. The number of unbranched alkanes of at least 4 members (excludes halogenated alkanes) is 1. The van der Waals surface area contributed by atoms with Gasteiger partial charge in [0.15, 0.2) is 5.82 Å². The first-order valence-corrected chi connectivity index (χ1v) is 11.1. The molecule has 0 spiro atoms. The number of benzene rings is 1. The van der Waals surface area contributed by atoms with Crippen LogP contribution in [0, 0.1) is 5.92 Å². The molecule has 1 fully saturated rings. The van der Waals surface area contributed by atoms with Crippen LogP contribution in [0.2, 0.25) is 0 Å². The number of piperidine rings is 1. The predicted octanol–water partition coefficient (Wildman–Crippen LogP) is 4.35. The van der Waals surface area contributed by atoms with Crippen LogP contribution in [0.4, 0.5) is 22.0 Å². The molecule has 1 atom stereocenters. The van der Waals surface area contributed by atoms with Crippen molar-refractivity contribution in [3.05, 3.63) is 48.2 Å². The second-order valence-corrected chi connectivity index (χ2v) is 8.72. The maximum Gasteiger partial charge on any atom is 0.330 e. The van der Waals surface area contributed by atoms with Crippen molar-refractivity contribution < 1.29 is 9.59 Å². The maximum atomic E-state index is 13.8. The Hall–Kier alpha value is -2.93. The van der Waals surface area contributed by atoms with Gasteiger partial charge in [0, 0.05) is 19.3 Å². The zero-order valence-corrected chi connectivity index (χ0v) is 18.4. The first-order valence-electron chi connectivity index (χ1n) is 11.1. The summed E-state index contributed by atoms with van der Waals surface area (Å²) in [6.45, 7) is 2.58. The molecule has 164 valence electrons. The van der Waals surface area contributed by atoms with Crippen molar-refractivity contribution in [2.45, 2.75) is 32.1 Å². The topological polar surface area (TPSA) is 68.8 Å². The molecule has 1 aromatic carbocycles.